The molecule has 2 saturated heterocycles. The third-order valence-corrected chi connectivity index (χ3v) is 8.01. The summed E-state index contributed by atoms with van der Waals surface area (Å²) in [6.07, 6.45) is 3.88. The van der Waals surface area contributed by atoms with Crippen molar-refractivity contribution in [2.75, 3.05) is 13.1 Å². The van der Waals surface area contributed by atoms with Crippen molar-refractivity contribution in [1.82, 2.24) is 14.4 Å². The zero-order valence-electron chi connectivity index (χ0n) is 20.8. The summed E-state index contributed by atoms with van der Waals surface area (Å²) in [6, 6.07) is 10.3. The van der Waals surface area contributed by atoms with Crippen molar-refractivity contribution in [2.45, 2.75) is 84.3 Å². The van der Waals surface area contributed by atoms with Gasteiger partial charge in [0.25, 0.3) is 0 Å². The van der Waals surface area contributed by atoms with Crippen LogP contribution in [0.25, 0.3) is 10.9 Å². The van der Waals surface area contributed by atoms with E-state index in [1.54, 1.807) is 0 Å². The first-order chi connectivity index (χ1) is 16.1. The number of nitriles is 1. The Morgan fingerprint density at radius 3 is 2.62 bits per heavy atom. The van der Waals surface area contributed by atoms with Crippen molar-refractivity contribution in [1.29, 1.82) is 5.26 Å². The molecule has 2 fully saturated rings. The van der Waals surface area contributed by atoms with Crippen molar-refractivity contribution in [3.05, 3.63) is 35.5 Å². The highest BCUT2D eigenvalue weighted by Crippen LogP contribution is 2.46. The molecule has 0 unspecified atom stereocenters. The van der Waals surface area contributed by atoms with Crippen LogP contribution in [0.5, 0.6) is 0 Å². The summed E-state index contributed by atoms with van der Waals surface area (Å²) in [5, 5.41) is 20.3. The van der Waals surface area contributed by atoms with Gasteiger partial charge in [-0.1, -0.05) is 26.8 Å². The molecule has 2 aliphatic rings. The molecule has 1 aromatic heterocycles. The molecule has 3 heterocycles. The molecule has 182 valence electrons. The van der Waals surface area contributed by atoms with Crippen LogP contribution in [0.3, 0.4) is 0 Å². The number of fused-ring (bicyclic) bond motifs is 1. The lowest BCUT2D eigenvalue weighted by molar-refractivity contribution is -0.150. The molecule has 2 aliphatic heterocycles. The minimum Gasteiger partial charge on any atom is -0.465 e. The summed E-state index contributed by atoms with van der Waals surface area (Å²) >= 11 is 0. The monoisotopic (exact) mass is 464 g/mol. The van der Waals surface area contributed by atoms with Gasteiger partial charge in [0.15, 0.2) is 0 Å². The van der Waals surface area contributed by atoms with Crippen molar-refractivity contribution in [3.8, 4) is 6.07 Å². The molecule has 4 rings (SSSR count). The summed E-state index contributed by atoms with van der Waals surface area (Å²) in [6.45, 7) is 10.0. The van der Waals surface area contributed by atoms with Crippen molar-refractivity contribution >= 4 is 22.9 Å². The average molecular weight is 465 g/mol. The number of hydrogen-bond acceptors (Lipinski definition) is 3. The fraction of sp³-hybridized carbons (Fsp3) is 0.593. The Hall–Kier alpha value is -3.01. The molecule has 0 spiro atoms. The second kappa shape index (κ2) is 8.98. The number of amides is 2. The molecule has 2 amide bonds. The van der Waals surface area contributed by atoms with Gasteiger partial charge in [0, 0.05) is 36.9 Å². The standard InChI is InChI=1S/C27H36N4O3/c1-5-29-22(17-20-10-9-19(18-28)16-23(20)29)12-11-21-8-6-14-30(21)24(32)27(26(2,3)4)13-7-15-31(27)25(33)34/h9-10,16-17,21H,5-8,11-15H2,1-4H3,(H,33,34)/t21-,27-/m0/s1. The number of carbonyl (C=O) groups is 2. The Labute approximate surface area is 201 Å². The maximum Gasteiger partial charge on any atom is 0.408 e. The SMILES string of the molecule is CCn1c(CC[C@@H]2CCCN2C(=O)[C@]2(C(C)(C)C)CCCN2C(=O)O)cc2ccc(C#N)cc21. The van der Waals surface area contributed by atoms with Gasteiger partial charge >= 0.3 is 6.09 Å². The van der Waals surface area contributed by atoms with Gasteiger partial charge in [0.1, 0.15) is 5.54 Å². The largest absolute Gasteiger partial charge is 0.465 e. The molecule has 0 aliphatic carbocycles. The number of carbonyl (C=O) groups excluding carboxylic acids is 1. The Kier molecular flexibility index (Phi) is 6.37. The molecule has 0 saturated carbocycles. The third kappa shape index (κ3) is 3.83. The van der Waals surface area contributed by atoms with E-state index >= 15 is 0 Å². The summed E-state index contributed by atoms with van der Waals surface area (Å²) in [5.41, 5.74) is 1.45. The smallest absolute Gasteiger partial charge is 0.408 e. The van der Waals surface area contributed by atoms with Gasteiger partial charge in [-0.15, -0.1) is 0 Å². The molecule has 2 atom stereocenters. The van der Waals surface area contributed by atoms with Crippen LogP contribution in [0.4, 0.5) is 4.79 Å². The second-order valence-electron chi connectivity index (χ2n) is 10.7. The Morgan fingerprint density at radius 2 is 1.97 bits per heavy atom. The Balaban J connectivity index is 1.58. The summed E-state index contributed by atoms with van der Waals surface area (Å²) in [5.74, 6) is -0.0166. The van der Waals surface area contributed by atoms with E-state index in [1.807, 2.05) is 43.9 Å². The minimum atomic E-state index is -1.01. The summed E-state index contributed by atoms with van der Waals surface area (Å²) in [7, 11) is 0. The number of benzene rings is 1. The zero-order chi connectivity index (χ0) is 24.7. The fourth-order valence-corrected chi connectivity index (χ4v) is 6.32. The Morgan fingerprint density at radius 1 is 1.21 bits per heavy atom. The molecular weight excluding hydrogens is 428 g/mol. The van der Waals surface area contributed by atoms with E-state index in [9.17, 15) is 20.0 Å². The van der Waals surface area contributed by atoms with Gasteiger partial charge in [-0.05, 0) is 74.4 Å². The predicted octanol–water partition coefficient (Wildman–Crippen LogP) is 5.02. The van der Waals surface area contributed by atoms with Crippen LogP contribution in [-0.4, -0.2) is 56.1 Å². The first kappa shape index (κ1) is 24.1. The second-order valence-corrected chi connectivity index (χ2v) is 10.7. The highest BCUT2D eigenvalue weighted by Gasteiger charge is 2.59. The highest BCUT2D eigenvalue weighted by atomic mass is 16.4. The quantitative estimate of drug-likeness (QED) is 0.673. The van der Waals surface area contributed by atoms with Crippen molar-refractivity contribution in [3.63, 3.8) is 0 Å². The number of nitrogens with zero attached hydrogens (tertiary/aromatic N) is 4. The molecule has 7 heteroatoms. The predicted molar refractivity (Wildman–Crippen MR) is 132 cm³/mol. The van der Waals surface area contributed by atoms with Crippen LogP contribution in [-0.2, 0) is 17.8 Å². The summed E-state index contributed by atoms with van der Waals surface area (Å²) in [4.78, 5) is 29.6. The number of carboxylic acid groups (broad SMARTS) is 1. The molecule has 1 N–H and O–H groups in total. The maximum absolute atomic E-state index is 14.1. The fourth-order valence-electron chi connectivity index (χ4n) is 6.32. The van der Waals surface area contributed by atoms with Crippen LogP contribution in [0.2, 0.25) is 0 Å². The molecule has 1 aromatic carbocycles. The number of likely N-dealkylation sites (tertiary alicyclic amines) is 2. The van der Waals surface area contributed by atoms with Crippen LogP contribution in [0.15, 0.2) is 24.3 Å². The molecule has 7 nitrogen and oxygen atoms in total. The van der Waals surface area contributed by atoms with Crippen LogP contribution >= 0.6 is 0 Å². The molecule has 0 bridgehead atoms. The topological polar surface area (TPSA) is 89.6 Å². The number of hydrogen-bond donors (Lipinski definition) is 1. The van der Waals surface area contributed by atoms with Crippen molar-refractivity contribution < 1.29 is 14.7 Å². The lowest BCUT2D eigenvalue weighted by Gasteiger charge is -2.48. The lowest BCUT2D eigenvalue weighted by Crippen LogP contribution is -2.65. The van der Waals surface area contributed by atoms with E-state index in [0.717, 1.165) is 49.6 Å². The molecule has 0 radical (unpaired) electrons. The van der Waals surface area contributed by atoms with Gasteiger partial charge in [-0.3, -0.25) is 9.69 Å². The first-order valence-corrected chi connectivity index (χ1v) is 12.5. The van der Waals surface area contributed by atoms with Crippen molar-refractivity contribution in [2.24, 2.45) is 5.41 Å². The molecular formula is C27H36N4O3. The van der Waals surface area contributed by atoms with Gasteiger partial charge in [0.2, 0.25) is 5.91 Å². The lowest BCUT2D eigenvalue weighted by atomic mass is 9.70. The van der Waals surface area contributed by atoms with Gasteiger partial charge in [0.05, 0.1) is 11.6 Å². The number of aryl methyl sites for hydroxylation is 2. The number of aromatic nitrogens is 1. The summed E-state index contributed by atoms with van der Waals surface area (Å²) < 4.78 is 2.26. The minimum absolute atomic E-state index is 0.0166. The Bertz CT molecular complexity index is 1140. The first-order valence-electron chi connectivity index (χ1n) is 12.5. The van der Waals surface area contributed by atoms with E-state index in [4.69, 9.17) is 0 Å². The van der Waals surface area contributed by atoms with E-state index in [2.05, 4.69) is 23.6 Å². The van der Waals surface area contributed by atoms with Gasteiger partial charge in [-0.2, -0.15) is 5.26 Å². The molecule has 34 heavy (non-hydrogen) atoms. The molecule has 2 aromatic rings. The van der Waals surface area contributed by atoms with Crippen LogP contribution in [0.1, 0.15) is 71.1 Å². The third-order valence-electron chi connectivity index (χ3n) is 8.01. The maximum atomic E-state index is 14.1. The normalized spacial score (nSPS) is 23.0. The van der Waals surface area contributed by atoms with E-state index < -0.39 is 17.0 Å². The highest BCUT2D eigenvalue weighted by molar-refractivity contribution is 5.91. The van der Waals surface area contributed by atoms with Gasteiger partial charge < -0.3 is 14.6 Å². The van der Waals surface area contributed by atoms with E-state index in [1.165, 1.54) is 10.6 Å². The van der Waals surface area contributed by atoms with E-state index in [0.29, 0.717) is 25.1 Å². The van der Waals surface area contributed by atoms with Crippen LogP contribution < -0.4 is 0 Å². The zero-order valence-corrected chi connectivity index (χ0v) is 20.8. The van der Waals surface area contributed by atoms with E-state index in [-0.39, 0.29) is 11.9 Å². The number of rotatable bonds is 5. The van der Waals surface area contributed by atoms with Gasteiger partial charge in [-0.25, -0.2) is 4.79 Å². The average Bonchev–Trinajstić information content (AvgIpc) is 3.52. The van der Waals surface area contributed by atoms with Crippen LogP contribution in [0, 0.1) is 16.7 Å².